The number of hydrogen-bond donors (Lipinski definition) is 1. The second-order valence-corrected chi connectivity index (χ2v) is 5.11. The monoisotopic (exact) mass is 269 g/mol. The Bertz CT molecular complexity index is 635. The van der Waals surface area contributed by atoms with Crippen LogP contribution in [0.15, 0.2) is 30.5 Å². The summed E-state index contributed by atoms with van der Waals surface area (Å²) in [6.07, 6.45) is 1.57. The summed E-state index contributed by atoms with van der Waals surface area (Å²) in [6, 6.07) is 7.83. The Hall–Kier alpha value is -2.23. The molecule has 1 aromatic carbocycles. The van der Waals surface area contributed by atoms with Gasteiger partial charge in [0.25, 0.3) is 5.91 Å². The van der Waals surface area contributed by atoms with Crippen molar-refractivity contribution in [3.05, 3.63) is 53.1 Å². The van der Waals surface area contributed by atoms with Gasteiger partial charge < -0.3 is 5.32 Å². The fraction of sp³-hybridized carbons (Fsp3) is 0.312. The smallest absolute Gasteiger partial charge is 0.259 e. The Kier molecular flexibility index (Phi) is 4.13. The second kappa shape index (κ2) is 5.82. The van der Waals surface area contributed by atoms with Crippen molar-refractivity contribution >= 4 is 11.6 Å². The number of benzene rings is 1. The van der Waals surface area contributed by atoms with Crippen LogP contribution in [0.2, 0.25) is 0 Å². The summed E-state index contributed by atoms with van der Waals surface area (Å²) in [4.78, 5) is 20.6. The van der Waals surface area contributed by atoms with Crippen LogP contribution in [-0.2, 0) is 0 Å². The van der Waals surface area contributed by atoms with Crippen LogP contribution in [0, 0.1) is 13.8 Å². The lowest BCUT2D eigenvalue weighted by Gasteiger charge is -2.14. The molecule has 0 spiro atoms. The zero-order valence-electron chi connectivity index (χ0n) is 12.3. The van der Waals surface area contributed by atoms with Gasteiger partial charge in [-0.25, -0.2) is 9.97 Å². The molecular formula is C16H19N3O. The van der Waals surface area contributed by atoms with Crippen LogP contribution in [0.4, 0.5) is 5.69 Å². The van der Waals surface area contributed by atoms with Crippen LogP contribution >= 0.6 is 0 Å². The SMILES string of the molecule is Cc1ncc(C(=O)Nc2ccccc2C(C)C)c(C)n1. The predicted octanol–water partition coefficient (Wildman–Crippen LogP) is 3.47. The van der Waals surface area contributed by atoms with E-state index in [4.69, 9.17) is 0 Å². The highest BCUT2D eigenvalue weighted by atomic mass is 16.1. The van der Waals surface area contributed by atoms with Gasteiger partial charge >= 0.3 is 0 Å². The molecule has 4 heteroatoms. The number of carbonyl (C=O) groups is 1. The van der Waals surface area contributed by atoms with Crippen molar-refractivity contribution in [2.45, 2.75) is 33.6 Å². The van der Waals surface area contributed by atoms with Gasteiger partial charge in [0, 0.05) is 11.9 Å². The molecule has 0 saturated heterocycles. The van der Waals surface area contributed by atoms with E-state index in [9.17, 15) is 4.79 Å². The van der Waals surface area contributed by atoms with E-state index in [1.54, 1.807) is 6.20 Å². The zero-order valence-corrected chi connectivity index (χ0v) is 12.3. The molecule has 20 heavy (non-hydrogen) atoms. The zero-order chi connectivity index (χ0) is 14.7. The predicted molar refractivity (Wildman–Crippen MR) is 80.0 cm³/mol. The van der Waals surface area contributed by atoms with E-state index in [0.29, 0.717) is 23.0 Å². The summed E-state index contributed by atoms with van der Waals surface area (Å²) in [5.41, 5.74) is 3.16. The molecule has 0 atom stereocenters. The molecule has 1 N–H and O–H groups in total. The van der Waals surface area contributed by atoms with Gasteiger partial charge in [-0.2, -0.15) is 0 Å². The lowest BCUT2D eigenvalue weighted by molar-refractivity contribution is 0.102. The van der Waals surface area contributed by atoms with E-state index in [1.807, 2.05) is 38.1 Å². The first-order valence-electron chi connectivity index (χ1n) is 6.69. The average molecular weight is 269 g/mol. The highest BCUT2D eigenvalue weighted by Gasteiger charge is 2.13. The van der Waals surface area contributed by atoms with Gasteiger partial charge in [-0.05, 0) is 31.4 Å². The van der Waals surface area contributed by atoms with E-state index in [0.717, 1.165) is 11.3 Å². The number of amides is 1. The minimum atomic E-state index is -0.171. The third-order valence-corrected chi connectivity index (χ3v) is 3.18. The maximum Gasteiger partial charge on any atom is 0.259 e. The fourth-order valence-corrected chi connectivity index (χ4v) is 2.11. The Labute approximate surface area is 119 Å². The number of nitrogens with one attached hydrogen (secondary N) is 1. The number of rotatable bonds is 3. The third-order valence-electron chi connectivity index (χ3n) is 3.18. The van der Waals surface area contributed by atoms with E-state index in [2.05, 4.69) is 29.1 Å². The molecule has 0 aliphatic carbocycles. The first-order chi connectivity index (χ1) is 9.49. The van der Waals surface area contributed by atoms with Crippen molar-refractivity contribution in [3.63, 3.8) is 0 Å². The van der Waals surface area contributed by atoms with Crippen molar-refractivity contribution in [2.24, 2.45) is 0 Å². The molecule has 104 valence electrons. The van der Waals surface area contributed by atoms with E-state index < -0.39 is 0 Å². The summed E-state index contributed by atoms with van der Waals surface area (Å²) in [5.74, 6) is 0.846. The number of anilines is 1. The number of hydrogen-bond acceptors (Lipinski definition) is 3. The van der Waals surface area contributed by atoms with Gasteiger partial charge in [-0.3, -0.25) is 4.79 Å². The first-order valence-corrected chi connectivity index (χ1v) is 6.69. The standard InChI is InChI=1S/C16H19N3O/c1-10(2)13-7-5-6-8-15(13)19-16(20)14-9-17-12(4)18-11(14)3/h5-10H,1-4H3,(H,19,20). The van der Waals surface area contributed by atoms with Crippen LogP contribution in [0.3, 0.4) is 0 Å². The maximum atomic E-state index is 12.3. The minimum absolute atomic E-state index is 0.171. The Morgan fingerprint density at radius 1 is 1.20 bits per heavy atom. The fourth-order valence-electron chi connectivity index (χ4n) is 2.11. The normalized spacial score (nSPS) is 10.7. The number of para-hydroxylation sites is 1. The second-order valence-electron chi connectivity index (χ2n) is 5.11. The quantitative estimate of drug-likeness (QED) is 0.928. The van der Waals surface area contributed by atoms with Crippen LogP contribution in [0.1, 0.15) is 47.2 Å². The summed E-state index contributed by atoms with van der Waals surface area (Å²) in [5, 5.41) is 2.95. The Balaban J connectivity index is 2.28. The molecule has 0 aliphatic heterocycles. The first kappa shape index (κ1) is 14.2. The van der Waals surface area contributed by atoms with Crippen LogP contribution < -0.4 is 5.32 Å². The van der Waals surface area contributed by atoms with Crippen LogP contribution in [-0.4, -0.2) is 15.9 Å². The summed E-state index contributed by atoms with van der Waals surface area (Å²) >= 11 is 0. The summed E-state index contributed by atoms with van der Waals surface area (Å²) in [6.45, 7) is 7.83. The third kappa shape index (κ3) is 3.02. The van der Waals surface area contributed by atoms with E-state index >= 15 is 0 Å². The molecule has 0 aliphatic rings. The Morgan fingerprint density at radius 2 is 1.90 bits per heavy atom. The lowest BCUT2D eigenvalue weighted by Crippen LogP contribution is -2.16. The van der Waals surface area contributed by atoms with Gasteiger partial charge in [-0.15, -0.1) is 0 Å². The van der Waals surface area contributed by atoms with Crippen molar-refractivity contribution in [1.82, 2.24) is 9.97 Å². The molecule has 2 aromatic rings. The Morgan fingerprint density at radius 3 is 2.55 bits per heavy atom. The summed E-state index contributed by atoms with van der Waals surface area (Å²) in [7, 11) is 0. The van der Waals surface area contributed by atoms with E-state index in [1.165, 1.54) is 0 Å². The van der Waals surface area contributed by atoms with E-state index in [-0.39, 0.29) is 5.91 Å². The van der Waals surface area contributed by atoms with Crippen molar-refractivity contribution in [2.75, 3.05) is 5.32 Å². The molecule has 1 aromatic heterocycles. The van der Waals surface area contributed by atoms with Crippen molar-refractivity contribution < 1.29 is 4.79 Å². The average Bonchev–Trinajstić information content (AvgIpc) is 2.38. The molecule has 4 nitrogen and oxygen atoms in total. The molecule has 1 amide bonds. The number of nitrogens with zero attached hydrogens (tertiary/aromatic N) is 2. The molecule has 1 heterocycles. The van der Waals surface area contributed by atoms with Crippen LogP contribution in [0.5, 0.6) is 0 Å². The minimum Gasteiger partial charge on any atom is -0.322 e. The van der Waals surface area contributed by atoms with Gasteiger partial charge in [0.15, 0.2) is 0 Å². The number of aryl methyl sites for hydroxylation is 2. The van der Waals surface area contributed by atoms with Gasteiger partial charge in [0.05, 0.1) is 11.3 Å². The lowest BCUT2D eigenvalue weighted by atomic mass is 10.0. The molecule has 2 rings (SSSR count). The number of carbonyl (C=O) groups excluding carboxylic acids is 1. The molecule has 0 saturated carbocycles. The van der Waals surface area contributed by atoms with Crippen LogP contribution in [0.25, 0.3) is 0 Å². The molecule has 0 radical (unpaired) electrons. The van der Waals surface area contributed by atoms with Gasteiger partial charge in [0.1, 0.15) is 5.82 Å². The number of aromatic nitrogens is 2. The van der Waals surface area contributed by atoms with Gasteiger partial charge in [0.2, 0.25) is 0 Å². The largest absolute Gasteiger partial charge is 0.322 e. The topological polar surface area (TPSA) is 54.9 Å². The molecule has 0 bridgehead atoms. The summed E-state index contributed by atoms with van der Waals surface area (Å²) < 4.78 is 0. The van der Waals surface area contributed by atoms with Crippen molar-refractivity contribution in [1.29, 1.82) is 0 Å². The van der Waals surface area contributed by atoms with Crippen molar-refractivity contribution in [3.8, 4) is 0 Å². The molecular weight excluding hydrogens is 250 g/mol. The molecule has 0 fully saturated rings. The highest BCUT2D eigenvalue weighted by Crippen LogP contribution is 2.24. The highest BCUT2D eigenvalue weighted by molar-refractivity contribution is 6.05. The van der Waals surface area contributed by atoms with Gasteiger partial charge in [-0.1, -0.05) is 32.0 Å². The molecule has 0 unspecified atom stereocenters. The maximum absolute atomic E-state index is 12.3.